The Labute approximate surface area is 102 Å². The van der Waals surface area contributed by atoms with Crippen LogP contribution in [0.2, 0.25) is 0 Å². The Balaban J connectivity index is 2.01. The van der Waals surface area contributed by atoms with Crippen LogP contribution in [-0.4, -0.2) is 0 Å². The molecule has 2 atom stereocenters. The molecule has 0 aromatic rings. The molecule has 16 heavy (non-hydrogen) atoms. The monoisotopic (exact) mass is 222 g/mol. The third-order valence-corrected chi connectivity index (χ3v) is 5.94. The van der Waals surface area contributed by atoms with Gasteiger partial charge < -0.3 is 0 Å². The van der Waals surface area contributed by atoms with Gasteiger partial charge in [0.15, 0.2) is 0 Å². The first-order valence-corrected chi connectivity index (χ1v) is 7.70. The SMILES string of the molecule is CCC1CC(C2(C)CCCCCC2CC)C1. The molecule has 0 amide bonds. The molecule has 0 spiro atoms. The molecule has 2 aliphatic rings. The van der Waals surface area contributed by atoms with Gasteiger partial charge >= 0.3 is 0 Å². The van der Waals surface area contributed by atoms with Crippen LogP contribution in [0, 0.1) is 23.2 Å². The summed E-state index contributed by atoms with van der Waals surface area (Å²) in [5.74, 6) is 3.17. The fourth-order valence-corrected chi connectivity index (χ4v) is 4.42. The predicted molar refractivity (Wildman–Crippen MR) is 71.5 cm³/mol. The van der Waals surface area contributed by atoms with Gasteiger partial charge in [-0.05, 0) is 48.9 Å². The average molecular weight is 222 g/mol. The molecule has 2 unspecified atom stereocenters. The smallest absolute Gasteiger partial charge is 0.0269 e. The lowest BCUT2D eigenvalue weighted by atomic mass is 9.54. The Kier molecular flexibility index (Phi) is 3.97. The number of rotatable bonds is 3. The van der Waals surface area contributed by atoms with Gasteiger partial charge in [-0.3, -0.25) is 0 Å². The van der Waals surface area contributed by atoms with Crippen LogP contribution in [0.5, 0.6) is 0 Å². The van der Waals surface area contributed by atoms with Crippen LogP contribution in [0.4, 0.5) is 0 Å². The molecule has 0 radical (unpaired) electrons. The first-order chi connectivity index (χ1) is 7.70. The summed E-state index contributed by atoms with van der Waals surface area (Å²) >= 11 is 0. The molecule has 0 heteroatoms. The minimum Gasteiger partial charge on any atom is -0.0651 e. The van der Waals surface area contributed by atoms with E-state index >= 15 is 0 Å². The zero-order chi connectivity index (χ0) is 11.6. The molecule has 2 saturated carbocycles. The quantitative estimate of drug-likeness (QED) is 0.559. The van der Waals surface area contributed by atoms with Gasteiger partial charge in [0.2, 0.25) is 0 Å². The second-order valence-electron chi connectivity index (χ2n) is 6.65. The van der Waals surface area contributed by atoms with Gasteiger partial charge in [-0.15, -0.1) is 0 Å². The molecule has 0 bridgehead atoms. The second-order valence-corrected chi connectivity index (χ2v) is 6.65. The van der Waals surface area contributed by atoms with Crippen molar-refractivity contribution < 1.29 is 0 Å². The lowest BCUT2D eigenvalue weighted by Crippen LogP contribution is -2.42. The van der Waals surface area contributed by atoms with Crippen molar-refractivity contribution >= 4 is 0 Å². The maximum absolute atomic E-state index is 2.63. The Hall–Kier alpha value is 0. The van der Waals surface area contributed by atoms with E-state index < -0.39 is 0 Å². The van der Waals surface area contributed by atoms with Gasteiger partial charge in [-0.2, -0.15) is 0 Å². The maximum atomic E-state index is 2.63. The molecule has 0 aromatic heterocycles. The molecule has 0 aliphatic heterocycles. The van der Waals surface area contributed by atoms with Crippen LogP contribution in [0.1, 0.15) is 78.6 Å². The van der Waals surface area contributed by atoms with Crippen LogP contribution in [-0.2, 0) is 0 Å². The Morgan fingerprint density at radius 1 is 1.00 bits per heavy atom. The molecule has 0 aromatic carbocycles. The molecule has 0 N–H and O–H groups in total. The van der Waals surface area contributed by atoms with E-state index in [-0.39, 0.29) is 0 Å². The van der Waals surface area contributed by atoms with Crippen LogP contribution < -0.4 is 0 Å². The average Bonchev–Trinajstić information content (AvgIpc) is 2.39. The van der Waals surface area contributed by atoms with Gasteiger partial charge in [0, 0.05) is 0 Å². The first-order valence-electron chi connectivity index (χ1n) is 7.70. The summed E-state index contributed by atoms with van der Waals surface area (Å²) < 4.78 is 0. The largest absolute Gasteiger partial charge is 0.0651 e. The Bertz CT molecular complexity index is 214. The van der Waals surface area contributed by atoms with Crippen LogP contribution >= 0.6 is 0 Å². The summed E-state index contributed by atoms with van der Waals surface area (Å²) in [6.45, 7) is 7.42. The van der Waals surface area contributed by atoms with Gasteiger partial charge in [-0.25, -0.2) is 0 Å². The van der Waals surface area contributed by atoms with Crippen molar-refractivity contribution in [1.29, 1.82) is 0 Å². The third-order valence-electron chi connectivity index (χ3n) is 5.94. The first kappa shape index (κ1) is 12.5. The van der Waals surface area contributed by atoms with Crippen molar-refractivity contribution in [3.05, 3.63) is 0 Å². The summed E-state index contributed by atoms with van der Waals surface area (Å²) in [7, 11) is 0. The molecular formula is C16H30. The third kappa shape index (κ3) is 2.17. The molecule has 2 fully saturated rings. The Morgan fingerprint density at radius 3 is 2.38 bits per heavy atom. The van der Waals surface area contributed by atoms with Crippen molar-refractivity contribution in [3.63, 3.8) is 0 Å². The summed E-state index contributed by atoms with van der Waals surface area (Å²) in [6.07, 6.45) is 13.5. The molecule has 0 saturated heterocycles. The lowest BCUT2D eigenvalue weighted by Gasteiger charge is -2.51. The highest BCUT2D eigenvalue weighted by Gasteiger charge is 2.45. The van der Waals surface area contributed by atoms with E-state index in [9.17, 15) is 0 Å². The van der Waals surface area contributed by atoms with Crippen molar-refractivity contribution in [2.75, 3.05) is 0 Å². The van der Waals surface area contributed by atoms with E-state index in [1.165, 1.54) is 44.9 Å². The van der Waals surface area contributed by atoms with E-state index in [0.717, 1.165) is 17.8 Å². The lowest BCUT2D eigenvalue weighted by molar-refractivity contribution is -0.00872. The van der Waals surface area contributed by atoms with Crippen molar-refractivity contribution in [3.8, 4) is 0 Å². The maximum Gasteiger partial charge on any atom is -0.0269 e. The fraction of sp³-hybridized carbons (Fsp3) is 1.00. The fourth-order valence-electron chi connectivity index (χ4n) is 4.42. The Morgan fingerprint density at radius 2 is 1.75 bits per heavy atom. The predicted octanol–water partition coefficient (Wildman–Crippen LogP) is 5.42. The van der Waals surface area contributed by atoms with Gasteiger partial charge in [-0.1, -0.05) is 52.9 Å². The highest BCUT2D eigenvalue weighted by Crippen LogP contribution is 2.55. The number of hydrogen-bond donors (Lipinski definition) is 0. The van der Waals surface area contributed by atoms with Crippen LogP contribution in [0.15, 0.2) is 0 Å². The molecular weight excluding hydrogens is 192 g/mol. The van der Waals surface area contributed by atoms with Gasteiger partial charge in [0.1, 0.15) is 0 Å². The molecule has 0 nitrogen and oxygen atoms in total. The van der Waals surface area contributed by atoms with Gasteiger partial charge in [0.25, 0.3) is 0 Å². The summed E-state index contributed by atoms with van der Waals surface area (Å²) in [4.78, 5) is 0. The second kappa shape index (κ2) is 5.10. The zero-order valence-corrected chi connectivity index (χ0v) is 11.6. The van der Waals surface area contributed by atoms with E-state index in [1.54, 1.807) is 12.8 Å². The van der Waals surface area contributed by atoms with Crippen molar-refractivity contribution in [2.45, 2.75) is 78.6 Å². The van der Waals surface area contributed by atoms with Crippen molar-refractivity contribution in [2.24, 2.45) is 23.2 Å². The topological polar surface area (TPSA) is 0 Å². The van der Waals surface area contributed by atoms with E-state index in [1.807, 2.05) is 0 Å². The van der Waals surface area contributed by atoms with Crippen LogP contribution in [0.3, 0.4) is 0 Å². The molecule has 2 rings (SSSR count). The van der Waals surface area contributed by atoms with E-state index in [4.69, 9.17) is 0 Å². The van der Waals surface area contributed by atoms with Gasteiger partial charge in [0.05, 0.1) is 0 Å². The molecule has 94 valence electrons. The van der Waals surface area contributed by atoms with E-state index in [0.29, 0.717) is 5.41 Å². The van der Waals surface area contributed by atoms with Crippen molar-refractivity contribution in [1.82, 2.24) is 0 Å². The van der Waals surface area contributed by atoms with E-state index in [2.05, 4.69) is 20.8 Å². The normalized spacial score (nSPS) is 44.8. The minimum absolute atomic E-state index is 0.705. The minimum atomic E-state index is 0.705. The molecule has 2 aliphatic carbocycles. The zero-order valence-electron chi connectivity index (χ0n) is 11.6. The summed E-state index contributed by atoms with van der Waals surface area (Å²) in [5, 5.41) is 0. The highest BCUT2D eigenvalue weighted by atomic mass is 14.5. The van der Waals surface area contributed by atoms with Crippen LogP contribution in [0.25, 0.3) is 0 Å². The summed E-state index contributed by atoms with van der Waals surface area (Å²) in [5.41, 5.74) is 0.705. The molecule has 0 heterocycles. The summed E-state index contributed by atoms with van der Waals surface area (Å²) in [6, 6.07) is 0. The standard InChI is InChI=1S/C16H30/c1-4-13-11-15(12-13)16(3)10-8-6-7-9-14(16)5-2/h13-15H,4-12H2,1-3H3. The highest BCUT2D eigenvalue weighted by molar-refractivity contribution is 4.95. The number of hydrogen-bond acceptors (Lipinski definition) is 0.